The molecule has 7 nitrogen and oxygen atoms in total. The van der Waals surface area contributed by atoms with Crippen LogP contribution in [0.15, 0.2) is 42.5 Å². The molecule has 2 aromatic carbocycles. The lowest BCUT2D eigenvalue weighted by atomic mass is 10.1. The first-order valence-electron chi connectivity index (χ1n) is 11.2. The first-order chi connectivity index (χ1) is 15.8. The molecule has 9 heteroatoms. The van der Waals surface area contributed by atoms with Crippen LogP contribution in [0.5, 0.6) is 0 Å². The maximum absolute atomic E-state index is 13.7. The van der Waals surface area contributed by atoms with E-state index in [-0.39, 0.29) is 18.5 Å². The Balaban J connectivity index is 2.49. The van der Waals surface area contributed by atoms with E-state index in [1.54, 1.807) is 19.1 Å². The minimum Gasteiger partial charge on any atom is -0.352 e. The fourth-order valence-electron chi connectivity index (χ4n) is 3.75. The Bertz CT molecular complexity index is 1130. The molecule has 0 saturated carbocycles. The van der Waals surface area contributed by atoms with Gasteiger partial charge in [0.15, 0.2) is 0 Å². The molecule has 1 atom stereocenters. The fraction of sp³-hybridized carbons (Fsp3) is 0.440. The van der Waals surface area contributed by atoms with E-state index in [4.69, 9.17) is 11.6 Å². The molecule has 0 spiro atoms. The lowest BCUT2D eigenvalue weighted by Crippen LogP contribution is -2.53. The molecule has 0 heterocycles. The van der Waals surface area contributed by atoms with Crippen molar-refractivity contribution in [1.29, 1.82) is 0 Å². The van der Waals surface area contributed by atoms with Gasteiger partial charge >= 0.3 is 0 Å². The van der Waals surface area contributed by atoms with E-state index in [2.05, 4.69) is 5.32 Å². The number of anilines is 1. The second-order valence-corrected chi connectivity index (χ2v) is 11.1. The van der Waals surface area contributed by atoms with Gasteiger partial charge in [-0.15, -0.1) is 0 Å². The van der Waals surface area contributed by atoms with E-state index in [9.17, 15) is 18.0 Å². The Hall–Kier alpha value is -2.58. The number of aryl methyl sites for hydroxylation is 2. The highest BCUT2D eigenvalue weighted by atomic mass is 35.5. The minimum atomic E-state index is -3.81. The third-order valence-corrected chi connectivity index (χ3v) is 6.73. The van der Waals surface area contributed by atoms with Crippen LogP contribution in [0.2, 0.25) is 5.02 Å². The molecule has 0 aromatic heterocycles. The Morgan fingerprint density at radius 2 is 1.76 bits per heavy atom. The Morgan fingerprint density at radius 3 is 2.32 bits per heavy atom. The van der Waals surface area contributed by atoms with Gasteiger partial charge in [-0.3, -0.25) is 13.9 Å². The normalized spacial score (nSPS) is 12.4. The van der Waals surface area contributed by atoms with Crippen molar-refractivity contribution < 1.29 is 18.0 Å². The van der Waals surface area contributed by atoms with Crippen LogP contribution < -0.4 is 9.62 Å². The molecule has 0 saturated heterocycles. The predicted molar refractivity (Wildman–Crippen MR) is 137 cm³/mol. The second kappa shape index (κ2) is 11.7. The zero-order valence-electron chi connectivity index (χ0n) is 20.6. The topological polar surface area (TPSA) is 86.8 Å². The number of rotatable bonds is 10. The van der Waals surface area contributed by atoms with Gasteiger partial charge in [-0.1, -0.05) is 54.4 Å². The number of nitrogens with zero attached hydrogens (tertiary/aromatic N) is 2. The molecule has 0 aliphatic carbocycles. The molecule has 0 fully saturated rings. The van der Waals surface area contributed by atoms with Gasteiger partial charge in [-0.25, -0.2) is 8.42 Å². The molecule has 0 aliphatic rings. The zero-order chi connectivity index (χ0) is 25.6. The monoisotopic (exact) mass is 507 g/mol. The van der Waals surface area contributed by atoms with Crippen LogP contribution in [0.1, 0.15) is 43.9 Å². The summed E-state index contributed by atoms with van der Waals surface area (Å²) in [6, 6.07) is 11.7. The summed E-state index contributed by atoms with van der Waals surface area (Å²) < 4.78 is 26.5. The molecule has 0 aliphatic heterocycles. The van der Waals surface area contributed by atoms with Crippen molar-refractivity contribution in [3.05, 3.63) is 64.2 Å². The van der Waals surface area contributed by atoms with E-state index >= 15 is 0 Å². The van der Waals surface area contributed by atoms with Crippen LogP contribution in [0.3, 0.4) is 0 Å². The van der Waals surface area contributed by atoms with Crippen molar-refractivity contribution in [2.24, 2.45) is 0 Å². The molecule has 2 rings (SSSR count). The van der Waals surface area contributed by atoms with Crippen molar-refractivity contribution in [3.63, 3.8) is 0 Å². The summed E-state index contributed by atoms with van der Waals surface area (Å²) in [5.41, 5.74) is 2.88. The summed E-state index contributed by atoms with van der Waals surface area (Å²) in [4.78, 5) is 28.1. The number of hydrogen-bond acceptors (Lipinski definition) is 4. The fourth-order valence-corrected chi connectivity index (χ4v) is 4.82. The summed E-state index contributed by atoms with van der Waals surface area (Å²) in [5, 5.41) is 3.24. The Kier molecular flexibility index (Phi) is 9.53. The van der Waals surface area contributed by atoms with Gasteiger partial charge in [-0.2, -0.15) is 0 Å². The molecule has 2 aromatic rings. The number of halogens is 1. The van der Waals surface area contributed by atoms with Crippen molar-refractivity contribution >= 4 is 39.1 Å². The zero-order valence-corrected chi connectivity index (χ0v) is 22.2. The number of nitrogens with one attached hydrogen (secondary N) is 1. The standard InChI is InChI=1S/C25H34ClN3O4S/c1-7-22(25(31)27-17(2)3)28(15-20-10-8-9-18(4)13-20)24(30)16-29(34(6,32)33)23-14-21(26)12-11-19(23)5/h8-14,17,22H,7,15-16H2,1-6H3,(H,27,31)/t22-/m0/s1. The second-order valence-electron chi connectivity index (χ2n) is 8.80. The highest BCUT2D eigenvalue weighted by molar-refractivity contribution is 7.92. The summed E-state index contributed by atoms with van der Waals surface area (Å²) in [7, 11) is -3.81. The first-order valence-corrected chi connectivity index (χ1v) is 13.4. The van der Waals surface area contributed by atoms with Gasteiger partial charge in [-0.05, 0) is 57.4 Å². The van der Waals surface area contributed by atoms with E-state index in [0.29, 0.717) is 22.7 Å². The number of benzene rings is 2. The van der Waals surface area contributed by atoms with Gasteiger partial charge in [0, 0.05) is 17.6 Å². The maximum Gasteiger partial charge on any atom is 0.244 e. The maximum atomic E-state index is 13.7. The average Bonchev–Trinajstić information content (AvgIpc) is 2.72. The third kappa shape index (κ3) is 7.46. The van der Waals surface area contributed by atoms with Gasteiger partial charge in [0.1, 0.15) is 12.6 Å². The van der Waals surface area contributed by atoms with Gasteiger partial charge in [0.05, 0.1) is 11.9 Å². The average molecular weight is 508 g/mol. The quantitative estimate of drug-likeness (QED) is 0.525. The third-order valence-electron chi connectivity index (χ3n) is 5.37. The molecule has 2 amide bonds. The minimum absolute atomic E-state index is 0.0981. The number of sulfonamides is 1. The van der Waals surface area contributed by atoms with Gasteiger partial charge in [0.25, 0.3) is 0 Å². The van der Waals surface area contributed by atoms with Crippen LogP contribution in [0.4, 0.5) is 5.69 Å². The Labute approximate surface area is 208 Å². The molecule has 0 bridgehead atoms. The molecule has 0 radical (unpaired) electrons. The highest BCUT2D eigenvalue weighted by Crippen LogP contribution is 2.27. The molecule has 186 valence electrons. The number of carbonyl (C=O) groups excluding carboxylic acids is 2. The number of carbonyl (C=O) groups is 2. The van der Waals surface area contributed by atoms with E-state index < -0.39 is 28.5 Å². The summed E-state index contributed by atoms with van der Waals surface area (Å²) in [5.74, 6) is -0.750. The van der Waals surface area contributed by atoms with Crippen LogP contribution in [-0.4, -0.2) is 50.0 Å². The van der Waals surface area contributed by atoms with Gasteiger partial charge in [0.2, 0.25) is 21.8 Å². The van der Waals surface area contributed by atoms with Crippen LogP contribution in [0.25, 0.3) is 0 Å². The number of hydrogen-bond donors (Lipinski definition) is 1. The lowest BCUT2D eigenvalue weighted by Gasteiger charge is -2.33. The summed E-state index contributed by atoms with van der Waals surface area (Å²) in [6.45, 7) is 8.97. The highest BCUT2D eigenvalue weighted by Gasteiger charge is 2.32. The molecular weight excluding hydrogens is 474 g/mol. The van der Waals surface area contributed by atoms with Gasteiger partial charge < -0.3 is 10.2 Å². The molecule has 34 heavy (non-hydrogen) atoms. The van der Waals surface area contributed by atoms with Crippen LogP contribution in [0, 0.1) is 13.8 Å². The smallest absolute Gasteiger partial charge is 0.244 e. The molecule has 0 unspecified atom stereocenters. The summed E-state index contributed by atoms with van der Waals surface area (Å²) in [6.07, 6.45) is 1.43. The van der Waals surface area contributed by atoms with Crippen molar-refractivity contribution in [3.8, 4) is 0 Å². The first kappa shape index (κ1) is 27.7. The SMILES string of the molecule is CC[C@@H](C(=O)NC(C)C)N(Cc1cccc(C)c1)C(=O)CN(c1cc(Cl)ccc1C)S(C)(=O)=O. The van der Waals surface area contributed by atoms with Crippen LogP contribution >= 0.6 is 11.6 Å². The van der Waals surface area contributed by atoms with E-state index in [0.717, 1.165) is 21.7 Å². The Morgan fingerprint density at radius 1 is 1.09 bits per heavy atom. The van der Waals surface area contributed by atoms with E-state index in [1.165, 1.54) is 11.0 Å². The van der Waals surface area contributed by atoms with Crippen molar-refractivity contribution in [2.45, 2.75) is 59.7 Å². The van der Waals surface area contributed by atoms with Crippen molar-refractivity contribution in [1.82, 2.24) is 10.2 Å². The largest absolute Gasteiger partial charge is 0.352 e. The number of amides is 2. The predicted octanol–water partition coefficient (Wildman–Crippen LogP) is 4.05. The van der Waals surface area contributed by atoms with E-state index in [1.807, 2.05) is 52.0 Å². The van der Waals surface area contributed by atoms with Crippen LogP contribution in [-0.2, 0) is 26.2 Å². The molecular formula is C25H34ClN3O4S. The lowest BCUT2D eigenvalue weighted by molar-refractivity contribution is -0.140. The van der Waals surface area contributed by atoms with Crippen molar-refractivity contribution in [2.75, 3.05) is 17.1 Å². The molecule has 1 N–H and O–H groups in total. The summed E-state index contributed by atoms with van der Waals surface area (Å²) >= 11 is 6.13.